The van der Waals surface area contributed by atoms with E-state index in [4.69, 9.17) is 16.3 Å². The van der Waals surface area contributed by atoms with Gasteiger partial charge in [-0.25, -0.2) is 4.98 Å². The monoisotopic (exact) mass is 309 g/mol. The molecular weight excluding hydrogens is 298 g/mol. The Morgan fingerprint density at radius 2 is 1.91 bits per heavy atom. The van der Waals surface area contributed by atoms with Crippen LogP contribution in [0.1, 0.15) is 11.1 Å². The molecule has 0 fully saturated rings. The molecule has 2 aromatic rings. The third kappa shape index (κ3) is 3.75. The van der Waals surface area contributed by atoms with Gasteiger partial charge in [0, 0.05) is 5.69 Å². The molecule has 0 radical (unpaired) electrons. The van der Waals surface area contributed by atoms with Crippen LogP contribution in [0.2, 0.25) is 0 Å². The number of nitrogens with two attached hydrogens (primary N) is 1. The molecule has 0 saturated heterocycles. The lowest BCUT2D eigenvalue weighted by molar-refractivity contribution is -0.113. The van der Waals surface area contributed by atoms with Crippen molar-refractivity contribution in [2.24, 2.45) is 0 Å². The van der Waals surface area contributed by atoms with Crippen molar-refractivity contribution in [3.05, 3.63) is 47.5 Å². The number of benzene rings is 1. The summed E-state index contributed by atoms with van der Waals surface area (Å²) in [5, 5.41) is 21.0. The van der Waals surface area contributed by atoms with Crippen molar-refractivity contribution in [2.75, 3.05) is 16.8 Å². The lowest BCUT2D eigenvalue weighted by atomic mass is 10.2. The molecule has 0 aliphatic heterocycles. The molecule has 0 aliphatic rings. The van der Waals surface area contributed by atoms with Crippen LogP contribution < -0.4 is 11.1 Å². The molecule has 1 aromatic carbocycles. The first kappa shape index (κ1) is 15.4. The van der Waals surface area contributed by atoms with Gasteiger partial charge >= 0.3 is 0 Å². The van der Waals surface area contributed by atoms with Crippen molar-refractivity contribution in [3.8, 4) is 12.1 Å². The number of hydrogen-bond donors (Lipinski definition) is 2. The van der Waals surface area contributed by atoms with Crippen LogP contribution in [0.25, 0.3) is 0 Å². The average Bonchev–Trinajstić information content (AvgIpc) is 2.54. The fraction of sp³-hybridized carbons (Fsp3) is 0.0667. The van der Waals surface area contributed by atoms with E-state index in [1.807, 2.05) is 30.3 Å². The highest BCUT2D eigenvalue weighted by atomic mass is 32.2. The maximum Gasteiger partial charge on any atom is 0.234 e. The molecule has 0 spiro atoms. The van der Waals surface area contributed by atoms with Gasteiger partial charge in [-0.15, -0.1) is 0 Å². The molecule has 108 valence electrons. The fourth-order valence-electron chi connectivity index (χ4n) is 1.64. The van der Waals surface area contributed by atoms with E-state index in [-0.39, 0.29) is 28.6 Å². The normalized spacial score (nSPS) is 9.55. The SMILES string of the molecule is N#Cc1cc(C#N)c(SCC(=O)Nc2ccccc2)nc1N. The Morgan fingerprint density at radius 1 is 1.23 bits per heavy atom. The average molecular weight is 309 g/mol. The van der Waals surface area contributed by atoms with Gasteiger partial charge in [0.1, 0.15) is 23.0 Å². The van der Waals surface area contributed by atoms with Crippen LogP contribution in [0, 0.1) is 22.7 Å². The number of anilines is 2. The van der Waals surface area contributed by atoms with Gasteiger partial charge in [0.25, 0.3) is 0 Å². The minimum absolute atomic E-state index is 0.0486. The maximum absolute atomic E-state index is 11.9. The van der Waals surface area contributed by atoms with E-state index in [1.54, 1.807) is 12.1 Å². The second-order valence-electron chi connectivity index (χ2n) is 4.20. The Labute approximate surface area is 131 Å². The zero-order chi connectivity index (χ0) is 15.9. The zero-order valence-electron chi connectivity index (χ0n) is 11.4. The summed E-state index contributed by atoms with van der Waals surface area (Å²) < 4.78 is 0. The van der Waals surface area contributed by atoms with E-state index < -0.39 is 0 Å². The first-order chi connectivity index (χ1) is 10.6. The molecule has 0 aliphatic carbocycles. The van der Waals surface area contributed by atoms with Crippen LogP contribution in [0.4, 0.5) is 11.5 Å². The summed E-state index contributed by atoms with van der Waals surface area (Å²) in [6.07, 6.45) is 0. The predicted octanol–water partition coefficient (Wildman–Crippen LogP) is 2.14. The number of nitrogens with one attached hydrogen (secondary N) is 1. The summed E-state index contributed by atoms with van der Waals surface area (Å²) in [7, 11) is 0. The van der Waals surface area contributed by atoms with Gasteiger partial charge in [-0.2, -0.15) is 10.5 Å². The van der Waals surface area contributed by atoms with E-state index in [9.17, 15) is 4.79 Å². The predicted molar refractivity (Wildman–Crippen MR) is 83.9 cm³/mol. The Bertz CT molecular complexity index is 777. The van der Waals surface area contributed by atoms with Gasteiger partial charge in [0.2, 0.25) is 5.91 Å². The highest BCUT2D eigenvalue weighted by Crippen LogP contribution is 2.23. The number of carbonyl (C=O) groups excluding carboxylic acids is 1. The quantitative estimate of drug-likeness (QED) is 0.836. The van der Waals surface area contributed by atoms with Gasteiger partial charge < -0.3 is 11.1 Å². The number of pyridine rings is 1. The molecule has 2 rings (SSSR count). The smallest absolute Gasteiger partial charge is 0.234 e. The van der Waals surface area contributed by atoms with Crippen molar-refractivity contribution in [2.45, 2.75) is 5.03 Å². The van der Waals surface area contributed by atoms with Crippen molar-refractivity contribution in [1.29, 1.82) is 10.5 Å². The second-order valence-corrected chi connectivity index (χ2v) is 5.16. The van der Waals surface area contributed by atoms with Gasteiger partial charge in [-0.1, -0.05) is 30.0 Å². The lowest BCUT2D eigenvalue weighted by Gasteiger charge is -2.06. The van der Waals surface area contributed by atoms with Gasteiger partial charge in [-0.3, -0.25) is 4.79 Å². The van der Waals surface area contributed by atoms with Gasteiger partial charge in [-0.05, 0) is 18.2 Å². The number of rotatable bonds is 4. The van der Waals surface area contributed by atoms with Crippen molar-refractivity contribution in [3.63, 3.8) is 0 Å². The van der Waals surface area contributed by atoms with E-state index >= 15 is 0 Å². The number of aromatic nitrogens is 1. The molecule has 0 saturated carbocycles. The molecule has 0 unspecified atom stereocenters. The number of nitrogens with zero attached hydrogens (tertiary/aromatic N) is 3. The van der Waals surface area contributed by atoms with Gasteiger partial charge in [0.05, 0.1) is 16.9 Å². The van der Waals surface area contributed by atoms with E-state index in [2.05, 4.69) is 10.3 Å². The number of amides is 1. The van der Waals surface area contributed by atoms with Crippen LogP contribution in [-0.4, -0.2) is 16.6 Å². The molecular formula is C15H11N5OS. The summed E-state index contributed by atoms with van der Waals surface area (Å²) in [5.74, 6) is -0.0839. The van der Waals surface area contributed by atoms with Crippen molar-refractivity contribution < 1.29 is 4.79 Å². The topological polar surface area (TPSA) is 116 Å². The molecule has 22 heavy (non-hydrogen) atoms. The molecule has 6 nitrogen and oxygen atoms in total. The van der Waals surface area contributed by atoms with Crippen LogP contribution in [0.15, 0.2) is 41.4 Å². The number of hydrogen-bond acceptors (Lipinski definition) is 6. The van der Waals surface area contributed by atoms with Crippen LogP contribution in [-0.2, 0) is 4.79 Å². The summed E-state index contributed by atoms with van der Waals surface area (Å²) in [6.45, 7) is 0. The highest BCUT2D eigenvalue weighted by Gasteiger charge is 2.12. The summed E-state index contributed by atoms with van der Waals surface area (Å²) in [6, 6.07) is 14.2. The minimum atomic E-state index is -0.218. The number of thioether (sulfide) groups is 1. The summed E-state index contributed by atoms with van der Waals surface area (Å²) >= 11 is 1.10. The third-order valence-electron chi connectivity index (χ3n) is 2.66. The Hall–Kier alpha value is -3.03. The maximum atomic E-state index is 11.9. The molecule has 7 heteroatoms. The third-order valence-corrected chi connectivity index (χ3v) is 3.65. The van der Waals surface area contributed by atoms with Crippen LogP contribution in [0.3, 0.4) is 0 Å². The fourth-order valence-corrected chi connectivity index (χ4v) is 2.40. The highest BCUT2D eigenvalue weighted by molar-refractivity contribution is 8.00. The molecule has 3 N–H and O–H groups in total. The Morgan fingerprint density at radius 3 is 2.55 bits per heavy atom. The Balaban J connectivity index is 2.06. The standard InChI is InChI=1S/C15H11N5OS/c16-7-10-6-11(8-17)15(20-14(10)18)22-9-13(21)19-12-4-2-1-3-5-12/h1-6H,9H2,(H2,18,20)(H,19,21). The van der Waals surface area contributed by atoms with Crippen LogP contribution >= 0.6 is 11.8 Å². The van der Waals surface area contributed by atoms with Gasteiger partial charge in [0.15, 0.2) is 0 Å². The van der Waals surface area contributed by atoms with E-state index in [0.717, 1.165) is 11.8 Å². The minimum Gasteiger partial charge on any atom is -0.383 e. The second kappa shape index (κ2) is 7.11. The molecule has 0 atom stereocenters. The first-order valence-electron chi connectivity index (χ1n) is 6.22. The van der Waals surface area contributed by atoms with Crippen LogP contribution in [0.5, 0.6) is 0 Å². The van der Waals surface area contributed by atoms with E-state index in [1.165, 1.54) is 6.07 Å². The summed E-state index contributed by atoms with van der Waals surface area (Å²) in [5.41, 5.74) is 6.70. The first-order valence-corrected chi connectivity index (χ1v) is 7.21. The van der Waals surface area contributed by atoms with Crippen molar-refractivity contribution in [1.82, 2.24) is 4.98 Å². The number of carbonyl (C=O) groups is 1. The molecule has 1 aromatic heterocycles. The molecule has 1 heterocycles. The summed E-state index contributed by atoms with van der Waals surface area (Å²) in [4.78, 5) is 15.9. The molecule has 0 bridgehead atoms. The number of nitriles is 2. The lowest BCUT2D eigenvalue weighted by Crippen LogP contribution is -2.14. The van der Waals surface area contributed by atoms with E-state index in [0.29, 0.717) is 10.7 Å². The molecule has 1 amide bonds. The number of nitrogen functional groups attached to an aromatic ring is 1. The number of para-hydroxylation sites is 1. The zero-order valence-corrected chi connectivity index (χ0v) is 12.2. The van der Waals surface area contributed by atoms with Crippen molar-refractivity contribution >= 4 is 29.2 Å². The largest absolute Gasteiger partial charge is 0.383 e. The Kier molecular flexibility index (Phi) is 4.97.